The molecule has 0 radical (unpaired) electrons. The topological polar surface area (TPSA) is 72.8 Å². The zero-order chi connectivity index (χ0) is 13.8. The van der Waals surface area contributed by atoms with E-state index in [9.17, 15) is 14.7 Å². The fourth-order valence-electron chi connectivity index (χ4n) is 3.86. The molecule has 4 aliphatic rings. The Morgan fingerprint density at radius 2 is 2.16 bits per heavy atom. The van der Waals surface area contributed by atoms with Gasteiger partial charge >= 0.3 is 11.9 Å². The average molecular weight is 266 g/mol. The highest BCUT2D eigenvalue weighted by molar-refractivity contribution is 5.87. The first kappa shape index (κ1) is 12.7. The number of aliphatic hydroxyl groups is 1. The van der Waals surface area contributed by atoms with Gasteiger partial charge in [0.2, 0.25) is 0 Å². The van der Waals surface area contributed by atoms with Crippen LogP contribution in [0.4, 0.5) is 0 Å². The molecule has 4 fully saturated rings. The standard InChI is InChI=1S/C14H18O5/c1-8(2)11(15)19-14-4-9-3-13(17,7-14)5-10(6-14)18-12(9)16/h9-10,17H,1,3-7H2,2H3. The van der Waals surface area contributed by atoms with Crippen molar-refractivity contribution < 1.29 is 24.2 Å². The van der Waals surface area contributed by atoms with E-state index in [0.717, 1.165) is 0 Å². The van der Waals surface area contributed by atoms with Gasteiger partial charge in [0.15, 0.2) is 0 Å². The lowest BCUT2D eigenvalue weighted by Gasteiger charge is -2.49. The van der Waals surface area contributed by atoms with E-state index in [1.807, 2.05) is 0 Å². The smallest absolute Gasteiger partial charge is 0.333 e. The first-order chi connectivity index (χ1) is 8.81. The van der Waals surface area contributed by atoms with E-state index in [0.29, 0.717) is 37.7 Å². The van der Waals surface area contributed by atoms with Gasteiger partial charge < -0.3 is 14.6 Å². The molecule has 5 nitrogen and oxygen atoms in total. The highest BCUT2D eigenvalue weighted by Crippen LogP contribution is 2.53. The zero-order valence-electron chi connectivity index (χ0n) is 11.0. The number of carbonyl (C=O) groups is 2. The molecule has 5 heteroatoms. The number of esters is 2. The van der Waals surface area contributed by atoms with Gasteiger partial charge in [0, 0.05) is 31.3 Å². The predicted octanol–water partition coefficient (Wildman–Crippen LogP) is 1.09. The Morgan fingerprint density at radius 3 is 2.84 bits per heavy atom. The average Bonchev–Trinajstić information content (AvgIpc) is 2.38. The molecule has 0 amide bonds. The molecule has 2 saturated carbocycles. The molecule has 0 aromatic carbocycles. The minimum Gasteiger partial charge on any atom is -0.462 e. The second kappa shape index (κ2) is 3.82. The molecule has 2 heterocycles. The highest BCUT2D eigenvalue weighted by Gasteiger charge is 2.60. The third-order valence-electron chi connectivity index (χ3n) is 4.38. The Kier molecular flexibility index (Phi) is 2.55. The molecule has 19 heavy (non-hydrogen) atoms. The Morgan fingerprint density at radius 1 is 1.42 bits per heavy atom. The Balaban J connectivity index is 1.92. The first-order valence-electron chi connectivity index (χ1n) is 6.63. The van der Waals surface area contributed by atoms with Gasteiger partial charge in [0.05, 0.1) is 11.5 Å². The van der Waals surface area contributed by atoms with Gasteiger partial charge in [-0.05, 0) is 13.3 Å². The van der Waals surface area contributed by atoms with Gasteiger partial charge in [-0.1, -0.05) is 6.58 Å². The molecule has 1 N–H and O–H groups in total. The second-order valence-corrected chi connectivity index (χ2v) is 6.33. The minimum absolute atomic E-state index is 0.270. The SMILES string of the molecule is C=C(C)C(=O)OC12CC3CC(O)(CC(C1)C(=O)O3)C2. The van der Waals surface area contributed by atoms with Gasteiger partial charge in [-0.2, -0.15) is 0 Å². The summed E-state index contributed by atoms with van der Waals surface area (Å²) in [7, 11) is 0. The van der Waals surface area contributed by atoms with Crippen molar-refractivity contribution >= 4 is 11.9 Å². The Bertz CT molecular complexity index is 470. The third kappa shape index (κ3) is 2.06. The van der Waals surface area contributed by atoms with E-state index in [4.69, 9.17) is 9.47 Å². The molecule has 2 aliphatic carbocycles. The lowest BCUT2D eigenvalue weighted by atomic mass is 9.63. The summed E-state index contributed by atoms with van der Waals surface area (Å²) in [5, 5.41) is 10.6. The second-order valence-electron chi connectivity index (χ2n) is 6.33. The van der Waals surface area contributed by atoms with E-state index in [2.05, 4.69) is 6.58 Å². The Hall–Kier alpha value is -1.36. The number of ether oxygens (including phenoxy) is 2. The first-order valence-corrected chi connectivity index (χ1v) is 6.63. The highest BCUT2D eigenvalue weighted by atomic mass is 16.6. The van der Waals surface area contributed by atoms with Crippen LogP contribution in [0, 0.1) is 5.92 Å². The monoisotopic (exact) mass is 266 g/mol. The third-order valence-corrected chi connectivity index (χ3v) is 4.38. The maximum absolute atomic E-state index is 11.9. The van der Waals surface area contributed by atoms with Crippen molar-refractivity contribution in [3.05, 3.63) is 12.2 Å². The van der Waals surface area contributed by atoms with Crippen LogP contribution in [-0.2, 0) is 19.1 Å². The summed E-state index contributed by atoms with van der Waals surface area (Å²) in [4.78, 5) is 23.7. The molecule has 4 unspecified atom stereocenters. The van der Waals surface area contributed by atoms with Gasteiger partial charge in [-0.25, -0.2) is 4.79 Å². The van der Waals surface area contributed by atoms with Gasteiger partial charge in [0.1, 0.15) is 11.7 Å². The van der Waals surface area contributed by atoms with Crippen LogP contribution in [0.15, 0.2) is 12.2 Å². The molecule has 2 aliphatic heterocycles. The van der Waals surface area contributed by atoms with Crippen LogP contribution in [0.2, 0.25) is 0 Å². The van der Waals surface area contributed by atoms with Gasteiger partial charge in [-0.15, -0.1) is 0 Å². The summed E-state index contributed by atoms with van der Waals surface area (Å²) in [5.74, 6) is -1.10. The van der Waals surface area contributed by atoms with Crippen molar-refractivity contribution in [2.75, 3.05) is 0 Å². The molecule has 4 bridgehead atoms. The van der Waals surface area contributed by atoms with Crippen molar-refractivity contribution in [2.24, 2.45) is 5.92 Å². The molecule has 4 atom stereocenters. The summed E-state index contributed by atoms with van der Waals surface area (Å²) < 4.78 is 10.9. The largest absolute Gasteiger partial charge is 0.462 e. The molecule has 0 aromatic heterocycles. The molecule has 0 aromatic rings. The van der Waals surface area contributed by atoms with E-state index in [1.54, 1.807) is 6.92 Å². The zero-order valence-corrected chi connectivity index (χ0v) is 11.0. The molecule has 4 rings (SSSR count). The fourth-order valence-corrected chi connectivity index (χ4v) is 3.86. The van der Waals surface area contributed by atoms with Crippen LogP contribution in [-0.4, -0.2) is 34.4 Å². The van der Waals surface area contributed by atoms with Crippen molar-refractivity contribution in [1.82, 2.24) is 0 Å². The van der Waals surface area contributed by atoms with Crippen LogP contribution in [0.3, 0.4) is 0 Å². The van der Waals surface area contributed by atoms with Crippen LogP contribution in [0.1, 0.15) is 39.0 Å². The number of rotatable bonds is 2. The number of carbonyl (C=O) groups excluding carboxylic acids is 2. The van der Waals surface area contributed by atoms with E-state index < -0.39 is 17.2 Å². The van der Waals surface area contributed by atoms with Crippen LogP contribution in [0.25, 0.3) is 0 Å². The molecular formula is C14H18O5. The number of fused-ring (bicyclic) bond motifs is 1. The number of hydrogen-bond acceptors (Lipinski definition) is 5. The van der Waals surface area contributed by atoms with Gasteiger partial charge in [-0.3, -0.25) is 4.79 Å². The van der Waals surface area contributed by atoms with Gasteiger partial charge in [0.25, 0.3) is 0 Å². The van der Waals surface area contributed by atoms with Crippen LogP contribution < -0.4 is 0 Å². The Labute approximate surface area is 111 Å². The van der Waals surface area contributed by atoms with Crippen molar-refractivity contribution in [1.29, 1.82) is 0 Å². The van der Waals surface area contributed by atoms with Crippen molar-refractivity contribution in [3.63, 3.8) is 0 Å². The molecular weight excluding hydrogens is 248 g/mol. The van der Waals surface area contributed by atoms with E-state index in [-0.39, 0.29) is 18.0 Å². The van der Waals surface area contributed by atoms with Crippen molar-refractivity contribution in [2.45, 2.75) is 56.3 Å². The molecule has 2 saturated heterocycles. The van der Waals surface area contributed by atoms with Crippen molar-refractivity contribution in [3.8, 4) is 0 Å². The molecule has 104 valence electrons. The number of hydrogen-bond donors (Lipinski definition) is 1. The van der Waals surface area contributed by atoms with E-state index in [1.165, 1.54) is 0 Å². The summed E-state index contributed by atoms with van der Waals surface area (Å²) in [6.45, 7) is 5.16. The summed E-state index contributed by atoms with van der Waals surface area (Å²) in [6.07, 6.45) is 1.83. The quantitative estimate of drug-likeness (QED) is 0.598. The van der Waals surface area contributed by atoms with Crippen LogP contribution >= 0.6 is 0 Å². The normalized spacial score (nSPS) is 43.6. The lowest BCUT2D eigenvalue weighted by Crippen LogP contribution is -2.56. The lowest BCUT2D eigenvalue weighted by molar-refractivity contribution is -0.190. The summed E-state index contributed by atoms with van der Waals surface area (Å²) in [5.41, 5.74) is -1.40. The summed E-state index contributed by atoms with van der Waals surface area (Å²) in [6, 6.07) is 0. The predicted molar refractivity (Wildman–Crippen MR) is 65.0 cm³/mol. The maximum Gasteiger partial charge on any atom is 0.333 e. The fraction of sp³-hybridized carbons (Fsp3) is 0.714. The molecule has 0 spiro atoms. The minimum atomic E-state index is -0.951. The maximum atomic E-state index is 11.9. The summed E-state index contributed by atoms with van der Waals surface area (Å²) >= 11 is 0. The van der Waals surface area contributed by atoms with E-state index >= 15 is 0 Å². The van der Waals surface area contributed by atoms with Crippen LogP contribution in [0.5, 0.6) is 0 Å².